The lowest BCUT2D eigenvalue weighted by molar-refractivity contribution is -0.154. The minimum Gasteiger partial charge on any atom is -0.454 e. The topological polar surface area (TPSA) is 96.3 Å². The van der Waals surface area contributed by atoms with Crippen LogP contribution in [0.2, 0.25) is 0 Å². The molecule has 0 aliphatic carbocycles. The molecule has 1 atom stereocenters. The zero-order valence-electron chi connectivity index (χ0n) is 16.3. The second kappa shape index (κ2) is 7.90. The SMILES string of the molecule is C[C@H](C(=O)OCC(=O)N1CCC(c2ccccc2)=N1)N1C(=O)c2ccccc2C1=O. The third kappa shape index (κ3) is 3.47. The third-order valence-corrected chi connectivity index (χ3v) is 5.09. The lowest BCUT2D eigenvalue weighted by Crippen LogP contribution is -2.44. The van der Waals surface area contributed by atoms with Crippen molar-refractivity contribution in [1.82, 2.24) is 9.91 Å². The van der Waals surface area contributed by atoms with E-state index >= 15 is 0 Å². The predicted octanol–water partition coefficient (Wildman–Crippen LogP) is 1.85. The van der Waals surface area contributed by atoms with Gasteiger partial charge in [0.25, 0.3) is 17.7 Å². The van der Waals surface area contributed by atoms with Gasteiger partial charge in [0.2, 0.25) is 0 Å². The highest BCUT2D eigenvalue weighted by Gasteiger charge is 2.41. The quantitative estimate of drug-likeness (QED) is 0.559. The van der Waals surface area contributed by atoms with Crippen LogP contribution in [-0.4, -0.2) is 58.5 Å². The molecule has 0 saturated heterocycles. The van der Waals surface area contributed by atoms with Crippen molar-refractivity contribution in [2.75, 3.05) is 13.2 Å². The van der Waals surface area contributed by atoms with Crippen LogP contribution in [0, 0.1) is 0 Å². The fourth-order valence-electron chi connectivity index (χ4n) is 3.46. The van der Waals surface area contributed by atoms with Gasteiger partial charge >= 0.3 is 5.97 Å². The lowest BCUT2D eigenvalue weighted by Gasteiger charge is -2.21. The first-order valence-electron chi connectivity index (χ1n) is 9.54. The number of rotatable bonds is 5. The van der Waals surface area contributed by atoms with Gasteiger partial charge in [-0.15, -0.1) is 0 Å². The Morgan fingerprint density at radius 2 is 1.60 bits per heavy atom. The summed E-state index contributed by atoms with van der Waals surface area (Å²) in [6, 6.07) is 14.7. The number of hydrazone groups is 1. The van der Waals surface area contributed by atoms with E-state index in [-0.39, 0.29) is 11.1 Å². The average Bonchev–Trinajstić information content (AvgIpc) is 3.36. The van der Waals surface area contributed by atoms with Gasteiger partial charge in [-0.1, -0.05) is 42.5 Å². The first-order chi connectivity index (χ1) is 14.5. The summed E-state index contributed by atoms with van der Waals surface area (Å²) < 4.78 is 5.08. The Morgan fingerprint density at radius 3 is 2.23 bits per heavy atom. The Bertz CT molecular complexity index is 1030. The first kappa shape index (κ1) is 19.5. The number of ether oxygens (including phenoxy) is 1. The van der Waals surface area contributed by atoms with E-state index in [1.54, 1.807) is 12.1 Å². The van der Waals surface area contributed by atoms with Crippen molar-refractivity contribution >= 4 is 29.4 Å². The molecule has 0 unspecified atom stereocenters. The van der Waals surface area contributed by atoms with Crippen LogP contribution in [0.1, 0.15) is 39.6 Å². The van der Waals surface area contributed by atoms with Crippen LogP contribution in [0.3, 0.4) is 0 Å². The molecule has 2 aliphatic rings. The number of amides is 3. The highest BCUT2D eigenvalue weighted by Crippen LogP contribution is 2.24. The molecule has 0 fully saturated rings. The highest BCUT2D eigenvalue weighted by atomic mass is 16.5. The maximum atomic E-state index is 12.5. The largest absolute Gasteiger partial charge is 0.454 e. The van der Waals surface area contributed by atoms with E-state index in [0.717, 1.165) is 16.2 Å². The van der Waals surface area contributed by atoms with Crippen LogP contribution in [0.5, 0.6) is 0 Å². The molecule has 0 radical (unpaired) electrons. The number of carbonyl (C=O) groups excluding carboxylic acids is 4. The monoisotopic (exact) mass is 405 g/mol. The maximum Gasteiger partial charge on any atom is 0.329 e. The van der Waals surface area contributed by atoms with Crippen LogP contribution in [0.15, 0.2) is 59.7 Å². The van der Waals surface area contributed by atoms with E-state index in [1.807, 2.05) is 30.3 Å². The molecule has 0 spiro atoms. The number of benzene rings is 2. The predicted molar refractivity (Wildman–Crippen MR) is 107 cm³/mol. The third-order valence-electron chi connectivity index (χ3n) is 5.09. The van der Waals surface area contributed by atoms with E-state index in [1.165, 1.54) is 24.1 Å². The van der Waals surface area contributed by atoms with Gasteiger partial charge in [-0.3, -0.25) is 19.3 Å². The van der Waals surface area contributed by atoms with Gasteiger partial charge in [-0.25, -0.2) is 9.80 Å². The van der Waals surface area contributed by atoms with E-state index in [2.05, 4.69) is 5.10 Å². The minimum atomic E-state index is -1.15. The maximum absolute atomic E-state index is 12.5. The summed E-state index contributed by atoms with van der Waals surface area (Å²) in [7, 11) is 0. The van der Waals surface area contributed by atoms with Crippen molar-refractivity contribution in [3.05, 3.63) is 71.3 Å². The molecule has 30 heavy (non-hydrogen) atoms. The summed E-state index contributed by atoms with van der Waals surface area (Å²) in [5.41, 5.74) is 2.22. The fraction of sp³-hybridized carbons (Fsp3) is 0.227. The molecular formula is C22H19N3O5. The Hall–Kier alpha value is -3.81. The summed E-state index contributed by atoms with van der Waals surface area (Å²) in [5, 5.41) is 5.57. The number of carbonyl (C=O) groups is 4. The van der Waals surface area contributed by atoms with Crippen LogP contribution < -0.4 is 0 Å². The molecule has 0 bridgehead atoms. The first-order valence-corrected chi connectivity index (χ1v) is 9.54. The summed E-state index contributed by atoms with van der Waals surface area (Å²) in [6.07, 6.45) is 0.606. The Balaban J connectivity index is 1.36. The smallest absolute Gasteiger partial charge is 0.329 e. The van der Waals surface area contributed by atoms with Crippen molar-refractivity contribution in [2.24, 2.45) is 5.10 Å². The van der Waals surface area contributed by atoms with Gasteiger partial charge in [0.05, 0.1) is 23.4 Å². The number of fused-ring (bicyclic) bond motifs is 1. The molecule has 0 N–H and O–H groups in total. The molecule has 0 aromatic heterocycles. The zero-order chi connectivity index (χ0) is 21.3. The van der Waals surface area contributed by atoms with Crippen LogP contribution in [0.25, 0.3) is 0 Å². The molecule has 8 heteroatoms. The number of hydrogen-bond acceptors (Lipinski definition) is 6. The Labute approximate surface area is 172 Å². The minimum absolute atomic E-state index is 0.248. The Morgan fingerprint density at radius 1 is 1.00 bits per heavy atom. The van der Waals surface area contributed by atoms with Gasteiger partial charge in [0.1, 0.15) is 6.04 Å². The van der Waals surface area contributed by atoms with Gasteiger partial charge in [-0.2, -0.15) is 5.10 Å². The molecule has 2 aromatic rings. The highest BCUT2D eigenvalue weighted by molar-refractivity contribution is 6.22. The van der Waals surface area contributed by atoms with Gasteiger partial charge in [-0.05, 0) is 24.6 Å². The van der Waals surface area contributed by atoms with Crippen LogP contribution in [0.4, 0.5) is 0 Å². The molecule has 8 nitrogen and oxygen atoms in total. The zero-order valence-corrected chi connectivity index (χ0v) is 16.3. The summed E-state index contributed by atoms with van der Waals surface area (Å²) in [6.45, 7) is 1.28. The second-order valence-electron chi connectivity index (χ2n) is 6.99. The average molecular weight is 405 g/mol. The van der Waals surface area contributed by atoms with E-state index in [4.69, 9.17) is 4.74 Å². The number of imide groups is 1. The molecule has 152 valence electrons. The molecular weight excluding hydrogens is 386 g/mol. The fourth-order valence-corrected chi connectivity index (χ4v) is 3.46. The van der Waals surface area contributed by atoms with E-state index < -0.39 is 36.3 Å². The molecule has 3 amide bonds. The van der Waals surface area contributed by atoms with Crippen molar-refractivity contribution in [2.45, 2.75) is 19.4 Å². The van der Waals surface area contributed by atoms with Crippen molar-refractivity contribution in [3.8, 4) is 0 Å². The van der Waals surface area contributed by atoms with Gasteiger partial charge in [0.15, 0.2) is 6.61 Å². The van der Waals surface area contributed by atoms with Gasteiger partial charge < -0.3 is 4.74 Å². The van der Waals surface area contributed by atoms with Crippen molar-refractivity contribution < 1.29 is 23.9 Å². The van der Waals surface area contributed by atoms with Crippen molar-refractivity contribution in [1.29, 1.82) is 0 Å². The summed E-state index contributed by atoms with van der Waals surface area (Å²) >= 11 is 0. The number of hydrogen-bond donors (Lipinski definition) is 0. The number of esters is 1. The van der Waals surface area contributed by atoms with Crippen LogP contribution >= 0.6 is 0 Å². The Kier molecular flexibility index (Phi) is 5.14. The normalized spacial score (nSPS) is 16.4. The summed E-state index contributed by atoms with van der Waals surface area (Å²) in [4.78, 5) is 50.6. The van der Waals surface area contributed by atoms with E-state index in [9.17, 15) is 19.2 Å². The lowest BCUT2D eigenvalue weighted by atomic mass is 10.1. The molecule has 0 saturated carbocycles. The second-order valence-corrected chi connectivity index (χ2v) is 6.99. The molecule has 4 rings (SSSR count). The van der Waals surface area contributed by atoms with Crippen LogP contribution in [-0.2, 0) is 14.3 Å². The summed E-state index contributed by atoms with van der Waals surface area (Å²) in [5.74, 6) is -2.40. The molecule has 2 aliphatic heterocycles. The standard InChI is InChI=1S/C22H19N3O5/c1-14(25-20(27)16-9-5-6-10-17(16)21(25)28)22(29)30-13-19(26)24-12-11-18(23-24)15-7-3-2-4-8-15/h2-10,14H,11-13H2,1H3/t14-/m1/s1. The van der Waals surface area contributed by atoms with Gasteiger partial charge in [0, 0.05) is 6.42 Å². The van der Waals surface area contributed by atoms with E-state index in [0.29, 0.717) is 13.0 Å². The molecule has 2 aromatic carbocycles. The molecule has 2 heterocycles. The number of nitrogens with zero attached hydrogens (tertiary/aromatic N) is 3. The van der Waals surface area contributed by atoms with Crippen molar-refractivity contribution in [3.63, 3.8) is 0 Å².